The first-order valence-electron chi connectivity index (χ1n) is 48.9. The molecule has 5 aliphatic heterocycles. The highest BCUT2D eigenvalue weighted by Gasteiger charge is 2.32. The molecule has 22 rings (SSSR count). The molecule has 0 radical (unpaired) electrons. The van der Waals surface area contributed by atoms with E-state index in [1.54, 1.807) is 65.2 Å². The molecule has 744 valence electrons. The highest BCUT2D eigenvalue weighted by molar-refractivity contribution is 5.90. The number of rotatable bonds is 30. The van der Waals surface area contributed by atoms with Gasteiger partial charge in [0.15, 0.2) is 57.7 Å². The normalized spacial score (nSPS) is 16.8. The number of hydrogen-bond donors (Lipinski definition) is 4. The zero-order valence-electron chi connectivity index (χ0n) is 80.4. The number of aryl methyl sites for hydroxylation is 6. The van der Waals surface area contributed by atoms with Gasteiger partial charge in [0.1, 0.15) is 109 Å². The maximum absolute atomic E-state index is 13.5. The quantitative estimate of drug-likeness (QED) is 0.0325. The summed E-state index contributed by atoms with van der Waals surface area (Å²) in [6.07, 6.45) is 10.7. The lowest BCUT2D eigenvalue weighted by molar-refractivity contribution is 0.0598. The molecule has 13 heterocycles. The third kappa shape index (κ3) is 23.9. The van der Waals surface area contributed by atoms with E-state index in [0.29, 0.717) is 173 Å². The lowest BCUT2D eigenvalue weighted by atomic mass is 9.84. The van der Waals surface area contributed by atoms with Crippen LogP contribution in [0, 0.1) is 39.3 Å². The fraction of sp³-hybridized carbons (Fsp3) is 0.407. The summed E-state index contributed by atoms with van der Waals surface area (Å²) in [6, 6.07) is 53.3. The van der Waals surface area contributed by atoms with Gasteiger partial charge >= 0.3 is 0 Å². The molecule has 4 fully saturated rings. The number of methoxy groups -OCH3 is 2. The number of fused-ring (bicyclic) bond motifs is 6. The first kappa shape index (κ1) is 97.3. The molecular weight excluding hydrogens is 1820 g/mol. The minimum absolute atomic E-state index is 0.127. The molecule has 0 spiro atoms. The molecule has 6 aliphatic rings. The van der Waals surface area contributed by atoms with Crippen molar-refractivity contribution >= 4 is 43.9 Å². The lowest BCUT2D eigenvalue weighted by Gasteiger charge is -2.33. The van der Waals surface area contributed by atoms with E-state index >= 15 is 0 Å². The summed E-state index contributed by atoms with van der Waals surface area (Å²) in [5.74, 6) is 11.0. The summed E-state index contributed by atoms with van der Waals surface area (Å²) in [4.78, 5) is 9.12. The van der Waals surface area contributed by atoms with Gasteiger partial charge in [0, 0.05) is 78.1 Å². The average molecular weight is 1940 g/mol. The van der Waals surface area contributed by atoms with E-state index in [1.807, 2.05) is 103 Å². The smallest absolute Gasteiger partial charge is 0.283 e. The number of likely N-dealkylation sites (tertiary alicyclic amines) is 4. The van der Waals surface area contributed by atoms with Crippen molar-refractivity contribution in [3.8, 4) is 92.6 Å². The van der Waals surface area contributed by atoms with Gasteiger partial charge < -0.3 is 113 Å². The third-order valence-electron chi connectivity index (χ3n) is 27.2. The fourth-order valence-corrected chi connectivity index (χ4v) is 19.8. The number of halogens is 2. The van der Waals surface area contributed by atoms with Gasteiger partial charge in [-0.3, -0.25) is 0 Å². The summed E-state index contributed by atoms with van der Waals surface area (Å²) < 4.78 is 118. The molecule has 4 atom stereocenters. The summed E-state index contributed by atoms with van der Waals surface area (Å²) >= 11 is 0. The Kier molecular flexibility index (Phi) is 30.9. The Hall–Kier alpha value is -13.6. The summed E-state index contributed by atoms with van der Waals surface area (Å²) in [5, 5.41) is 77.2. The standard InChI is InChI=1S/C29H33N3O4.C27H29N3O6.C27H31N3O6.C25H25F2N3O4/c1-19-30-31-29(35-19)28-16-25-26(7-4-8-27(25)36-28)34-18-24(33)17-32-13-11-21(12-14-32)23-10-9-20-5-2-3-6-22(20)15-23;1-17-28-29-27(35-17)26-14-21-22(3-2-4-23(21)36-26)34-16-20(31)15-30-9-7-18(8-10-30)19-5-6-24-25(13-19)33-12-11-32-24;1-17-28-29-27(35-17)26-14-21-22(5-4-6-23(21)36-26)34-16-20(31)15-30-11-9-18(10-12-30)19-7-8-24(32-2)25(13-19)33-3;1-15-28-29-25(33-15)24-12-19-22(3-2-4-23(19)34-24)32-14-18(31)13-30-9-7-16(8-10-30)17-5-6-20(26)21(27)11-17/h4,7-10,15-16,21,24,33H,2-3,5-6,11-14,17-18H2,1H3;2-6,13-14,18,20,31H,7-12,15-16H2,1H3;4-8,13-14,18,20,31H,9-12,15-16H2,1-3H3;2-6,11-12,16,18,31H,7-10,13-14H2,1H3/t24-;2*20-;18-/m0000/s1. The molecule has 8 aromatic carbocycles. The van der Waals surface area contributed by atoms with Crippen molar-refractivity contribution in [2.45, 2.75) is 153 Å². The largest absolute Gasteiger partial charge is 0.493 e. The van der Waals surface area contributed by atoms with Crippen LogP contribution in [0.15, 0.2) is 205 Å². The Bertz CT molecular complexity index is 6430. The van der Waals surface area contributed by atoms with Crippen molar-refractivity contribution in [3.63, 3.8) is 0 Å². The van der Waals surface area contributed by atoms with Crippen LogP contribution in [0.4, 0.5) is 8.78 Å². The predicted octanol–water partition coefficient (Wildman–Crippen LogP) is 18.6. The van der Waals surface area contributed by atoms with Gasteiger partial charge in [-0.25, -0.2) is 8.78 Å². The molecule has 0 unspecified atom stereocenters. The first-order valence-corrected chi connectivity index (χ1v) is 48.9. The van der Waals surface area contributed by atoms with E-state index in [1.165, 1.54) is 54.5 Å². The monoisotopic (exact) mass is 1940 g/mol. The zero-order valence-corrected chi connectivity index (χ0v) is 80.4. The second kappa shape index (κ2) is 45.1. The van der Waals surface area contributed by atoms with Crippen LogP contribution in [0.2, 0.25) is 0 Å². The molecular formula is C108H118F2N12O20. The van der Waals surface area contributed by atoms with Crippen molar-refractivity contribution in [3.05, 3.63) is 238 Å². The van der Waals surface area contributed by atoms with Gasteiger partial charge in [-0.15, -0.1) is 40.8 Å². The first-order chi connectivity index (χ1) is 69.2. The molecule has 142 heavy (non-hydrogen) atoms. The molecule has 8 aromatic heterocycles. The number of aliphatic hydroxyl groups excluding tert-OH is 4. The van der Waals surface area contributed by atoms with Crippen molar-refractivity contribution in [1.82, 2.24) is 60.4 Å². The number of aromatic nitrogens is 8. The topological polar surface area (TPSA) is 376 Å². The van der Waals surface area contributed by atoms with Crippen LogP contribution in [-0.2, 0) is 12.8 Å². The number of nitrogens with zero attached hydrogens (tertiary/aromatic N) is 12. The Labute approximate surface area is 818 Å². The molecule has 34 heteroatoms. The maximum atomic E-state index is 13.5. The second-order valence-corrected chi connectivity index (χ2v) is 37.2. The number of furan rings is 4. The number of piperidine rings is 4. The Morgan fingerprint density at radius 2 is 0.634 bits per heavy atom. The summed E-state index contributed by atoms with van der Waals surface area (Å²) in [7, 11) is 3.31. The van der Waals surface area contributed by atoms with E-state index < -0.39 is 36.1 Å². The van der Waals surface area contributed by atoms with Crippen LogP contribution in [0.1, 0.15) is 145 Å². The van der Waals surface area contributed by atoms with Gasteiger partial charge in [0.25, 0.3) is 23.6 Å². The van der Waals surface area contributed by atoms with Gasteiger partial charge in [0.2, 0.25) is 23.6 Å². The number of hydrogen-bond acceptors (Lipinski definition) is 32. The van der Waals surface area contributed by atoms with Crippen molar-refractivity contribution < 1.29 is 102 Å². The second-order valence-electron chi connectivity index (χ2n) is 37.2. The molecule has 4 N–H and O–H groups in total. The lowest BCUT2D eigenvalue weighted by Crippen LogP contribution is -2.40. The fourth-order valence-electron chi connectivity index (χ4n) is 19.8. The molecule has 16 aromatic rings. The van der Waals surface area contributed by atoms with Gasteiger partial charge in [0.05, 0.1) is 35.8 Å². The average Bonchev–Trinajstić information content (AvgIpc) is 1.65. The van der Waals surface area contributed by atoms with Crippen LogP contribution in [0.5, 0.6) is 46.0 Å². The number of β-amino-alcohol motifs (C(OH)–C–C–N with tert-alkyl or cyclic N) is 4. The third-order valence-corrected chi connectivity index (χ3v) is 27.2. The van der Waals surface area contributed by atoms with Crippen molar-refractivity contribution in [2.75, 3.05) is 132 Å². The Morgan fingerprint density at radius 1 is 0.317 bits per heavy atom. The molecule has 0 saturated carbocycles. The molecule has 0 amide bonds. The summed E-state index contributed by atoms with van der Waals surface area (Å²) in [5.41, 5.74) is 10.6. The van der Waals surface area contributed by atoms with Crippen molar-refractivity contribution in [2.24, 2.45) is 0 Å². The summed E-state index contributed by atoms with van der Waals surface area (Å²) in [6.45, 7) is 18.3. The maximum Gasteiger partial charge on any atom is 0.283 e. The SMILES string of the molecule is COc1ccc(C2CCN(C[C@H](O)COc3cccc4oc(-c5nnc(C)o5)cc34)CC2)cc1OC.Cc1nnc(-c2cc3c(OC[C@@H](O)CN4CCC(c5ccc(F)c(F)c5)CC4)cccc3o2)o1.Cc1nnc(-c2cc3c(OC[C@@H](O)CN4CCC(c5ccc6c(c5)CCCC6)CC4)cccc3o2)o1.Cc1nnc(-c2cc3c(OC[C@@H](O)CN4CCC(c5ccc6c(c5)OCCO6)CC4)cccc3o2)o1. The van der Waals surface area contributed by atoms with Crippen molar-refractivity contribution in [1.29, 1.82) is 0 Å². The van der Waals surface area contributed by atoms with Crippen LogP contribution in [-0.4, -0.2) is 238 Å². The number of ether oxygens (including phenoxy) is 8. The minimum atomic E-state index is -0.823. The Morgan fingerprint density at radius 3 is 0.979 bits per heavy atom. The number of aliphatic hydroxyl groups is 4. The molecule has 4 saturated heterocycles. The van der Waals surface area contributed by atoms with Crippen LogP contribution >= 0.6 is 0 Å². The highest BCUT2D eigenvalue weighted by Crippen LogP contribution is 2.43. The zero-order chi connectivity index (χ0) is 97.7. The van der Waals surface area contributed by atoms with E-state index in [4.69, 9.17) is 73.2 Å². The minimum Gasteiger partial charge on any atom is -0.493 e. The van der Waals surface area contributed by atoms with Gasteiger partial charge in [-0.2, -0.15) is 0 Å². The molecule has 1 aliphatic carbocycles. The van der Waals surface area contributed by atoms with Crippen LogP contribution < -0.4 is 37.9 Å². The van der Waals surface area contributed by atoms with E-state index in [0.717, 1.165) is 154 Å². The molecule has 0 bridgehead atoms. The molecule has 32 nitrogen and oxygen atoms in total. The Balaban J connectivity index is 0.000000120. The van der Waals surface area contributed by atoms with Crippen LogP contribution in [0.3, 0.4) is 0 Å². The predicted molar refractivity (Wildman–Crippen MR) is 523 cm³/mol. The van der Waals surface area contributed by atoms with Crippen LogP contribution in [0.25, 0.3) is 90.5 Å². The van der Waals surface area contributed by atoms with E-state index in [9.17, 15) is 29.2 Å². The highest BCUT2D eigenvalue weighted by atomic mass is 19.2. The number of benzene rings is 8. The van der Waals surface area contributed by atoms with E-state index in [2.05, 4.69) is 103 Å². The van der Waals surface area contributed by atoms with E-state index in [-0.39, 0.29) is 32.3 Å². The van der Waals surface area contributed by atoms with Gasteiger partial charge in [-0.1, -0.05) is 60.7 Å². The van der Waals surface area contributed by atoms with Gasteiger partial charge in [-0.05, 0) is 271 Å².